The quantitative estimate of drug-likeness (QED) is 0.808. The molecule has 1 aromatic heterocycles. The summed E-state index contributed by atoms with van der Waals surface area (Å²) in [6.45, 7) is 4.23. The average molecular weight is 252 g/mol. The number of thiocarbonyl (C=S) groups is 1. The van der Waals surface area contributed by atoms with Crippen LogP contribution in [0.15, 0.2) is 0 Å². The molecule has 0 aromatic carbocycles. The summed E-state index contributed by atoms with van der Waals surface area (Å²) in [5.74, 6) is 1.66. The van der Waals surface area contributed by atoms with Gasteiger partial charge in [0.2, 0.25) is 0 Å². The van der Waals surface area contributed by atoms with E-state index in [0.29, 0.717) is 16.9 Å². The highest BCUT2D eigenvalue weighted by atomic mass is 32.1. The summed E-state index contributed by atoms with van der Waals surface area (Å²) in [7, 11) is 1.93. The van der Waals surface area contributed by atoms with Crippen molar-refractivity contribution in [2.45, 2.75) is 39.2 Å². The van der Waals surface area contributed by atoms with Crippen molar-refractivity contribution in [3.63, 3.8) is 0 Å². The molecule has 1 heterocycles. The molecule has 2 atom stereocenters. The fourth-order valence-corrected chi connectivity index (χ4v) is 2.90. The van der Waals surface area contributed by atoms with Crippen molar-refractivity contribution < 1.29 is 0 Å². The fourth-order valence-electron chi connectivity index (χ4n) is 2.65. The minimum absolute atomic E-state index is 0.420. The van der Waals surface area contributed by atoms with Crippen molar-refractivity contribution in [2.24, 2.45) is 18.7 Å². The summed E-state index contributed by atoms with van der Waals surface area (Å²) in [6.07, 6.45) is 3.79. The zero-order valence-electron chi connectivity index (χ0n) is 10.7. The van der Waals surface area contributed by atoms with Crippen LogP contribution in [0.4, 0.5) is 5.82 Å². The molecule has 17 heavy (non-hydrogen) atoms. The van der Waals surface area contributed by atoms with Gasteiger partial charge in [-0.05, 0) is 25.7 Å². The van der Waals surface area contributed by atoms with Crippen LogP contribution < -0.4 is 11.1 Å². The van der Waals surface area contributed by atoms with Crippen molar-refractivity contribution in [2.75, 3.05) is 5.32 Å². The average Bonchev–Trinajstić information content (AvgIpc) is 2.73. The second kappa shape index (κ2) is 4.64. The molecule has 5 heteroatoms. The van der Waals surface area contributed by atoms with Crippen LogP contribution in [0.2, 0.25) is 0 Å². The summed E-state index contributed by atoms with van der Waals surface area (Å²) >= 11 is 5.11. The highest BCUT2D eigenvalue weighted by Gasteiger charge is 2.26. The van der Waals surface area contributed by atoms with E-state index >= 15 is 0 Å². The molecule has 1 aliphatic carbocycles. The summed E-state index contributed by atoms with van der Waals surface area (Å²) in [5, 5.41) is 7.95. The Balaban J connectivity index is 2.28. The van der Waals surface area contributed by atoms with Gasteiger partial charge in [-0.3, -0.25) is 4.68 Å². The van der Waals surface area contributed by atoms with Crippen LogP contribution in [0.5, 0.6) is 0 Å². The van der Waals surface area contributed by atoms with E-state index in [9.17, 15) is 0 Å². The number of hydrogen-bond acceptors (Lipinski definition) is 3. The molecular formula is C12H20N4S. The minimum atomic E-state index is 0.420. The molecule has 1 fully saturated rings. The number of rotatable bonds is 3. The zero-order valence-corrected chi connectivity index (χ0v) is 11.5. The maximum absolute atomic E-state index is 5.78. The molecule has 0 bridgehead atoms. The van der Waals surface area contributed by atoms with Gasteiger partial charge in [-0.2, -0.15) is 5.10 Å². The number of nitrogens with two attached hydrogens (primary N) is 1. The van der Waals surface area contributed by atoms with Gasteiger partial charge >= 0.3 is 0 Å². The van der Waals surface area contributed by atoms with Gasteiger partial charge in [-0.25, -0.2) is 0 Å². The van der Waals surface area contributed by atoms with Gasteiger partial charge < -0.3 is 11.1 Å². The molecule has 0 saturated heterocycles. The molecule has 0 spiro atoms. The lowest BCUT2D eigenvalue weighted by molar-refractivity contribution is 0.550. The van der Waals surface area contributed by atoms with Gasteiger partial charge in [0.1, 0.15) is 10.8 Å². The fraction of sp³-hybridized carbons (Fsp3) is 0.667. The molecule has 1 saturated carbocycles. The first-order chi connectivity index (χ1) is 8.00. The second-order valence-corrected chi connectivity index (χ2v) is 5.40. The lowest BCUT2D eigenvalue weighted by atomic mass is 10.1. The molecule has 1 aromatic rings. The Morgan fingerprint density at radius 1 is 1.53 bits per heavy atom. The Morgan fingerprint density at radius 2 is 2.24 bits per heavy atom. The summed E-state index contributed by atoms with van der Waals surface area (Å²) in [5.41, 5.74) is 7.56. The standard InChI is InChI=1S/C12H20N4S/c1-7-5-4-6-9(7)14-12-10(11(13)17)8(2)15-16(12)3/h7,9,14H,4-6H2,1-3H3,(H2,13,17). The summed E-state index contributed by atoms with van der Waals surface area (Å²) < 4.78 is 1.84. The van der Waals surface area contributed by atoms with Gasteiger partial charge in [-0.1, -0.05) is 25.6 Å². The van der Waals surface area contributed by atoms with Crippen molar-refractivity contribution >= 4 is 23.0 Å². The Kier molecular flexibility index (Phi) is 3.38. The van der Waals surface area contributed by atoms with Crippen molar-refractivity contribution in [1.82, 2.24) is 9.78 Å². The number of aromatic nitrogens is 2. The van der Waals surface area contributed by atoms with Gasteiger partial charge in [-0.15, -0.1) is 0 Å². The molecule has 3 N–H and O–H groups in total. The first-order valence-electron chi connectivity index (χ1n) is 6.10. The van der Waals surface area contributed by atoms with Crippen molar-refractivity contribution in [3.8, 4) is 0 Å². The summed E-state index contributed by atoms with van der Waals surface area (Å²) in [6, 6.07) is 0.512. The predicted octanol–water partition coefficient (Wildman–Crippen LogP) is 1.96. The van der Waals surface area contributed by atoms with Crippen LogP contribution >= 0.6 is 12.2 Å². The molecule has 2 unspecified atom stereocenters. The van der Waals surface area contributed by atoms with Gasteiger partial charge in [0.25, 0.3) is 0 Å². The Morgan fingerprint density at radius 3 is 2.76 bits per heavy atom. The zero-order chi connectivity index (χ0) is 12.6. The molecule has 0 aliphatic heterocycles. The highest BCUT2D eigenvalue weighted by Crippen LogP contribution is 2.29. The lowest BCUT2D eigenvalue weighted by Gasteiger charge is -2.19. The molecule has 1 aliphatic rings. The van der Waals surface area contributed by atoms with E-state index < -0.39 is 0 Å². The predicted molar refractivity (Wildman–Crippen MR) is 74.3 cm³/mol. The van der Waals surface area contributed by atoms with Crippen molar-refractivity contribution in [1.29, 1.82) is 0 Å². The first kappa shape index (κ1) is 12.4. The maximum Gasteiger partial charge on any atom is 0.134 e. The van der Waals surface area contributed by atoms with Gasteiger partial charge in [0.05, 0.1) is 11.3 Å². The molecule has 2 rings (SSSR count). The molecule has 4 nitrogen and oxygen atoms in total. The molecule has 0 amide bonds. The van der Waals surface area contributed by atoms with Crippen LogP contribution in [0.1, 0.15) is 37.4 Å². The summed E-state index contributed by atoms with van der Waals surface area (Å²) in [4.78, 5) is 0.420. The molecule has 0 radical (unpaired) electrons. The topological polar surface area (TPSA) is 55.9 Å². The van der Waals surface area contributed by atoms with E-state index in [1.807, 2.05) is 18.7 Å². The van der Waals surface area contributed by atoms with Crippen LogP contribution in [0.25, 0.3) is 0 Å². The third-order valence-corrected chi connectivity index (χ3v) is 3.86. The number of aryl methyl sites for hydroxylation is 2. The van der Waals surface area contributed by atoms with E-state index in [-0.39, 0.29) is 0 Å². The molecular weight excluding hydrogens is 232 g/mol. The normalized spacial score (nSPS) is 23.9. The first-order valence-corrected chi connectivity index (χ1v) is 6.51. The van der Waals surface area contributed by atoms with Crippen LogP contribution in [0.3, 0.4) is 0 Å². The Bertz CT molecular complexity index is 438. The Hall–Kier alpha value is -1.10. The van der Waals surface area contributed by atoms with Crippen LogP contribution in [0, 0.1) is 12.8 Å². The largest absolute Gasteiger partial charge is 0.389 e. The third-order valence-electron chi connectivity index (χ3n) is 3.65. The number of nitrogens with zero attached hydrogens (tertiary/aromatic N) is 2. The van der Waals surface area contributed by atoms with Gasteiger partial charge in [0.15, 0.2) is 0 Å². The highest BCUT2D eigenvalue weighted by molar-refractivity contribution is 7.80. The number of hydrogen-bond donors (Lipinski definition) is 2. The van der Waals surface area contributed by atoms with Gasteiger partial charge in [0, 0.05) is 13.1 Å². The van der Waals surface area contributed by atoms with E-state index in [1.54, 1.807) is 0 Å². The number of nitrogens with one attached hydrogen (secondary N) is 1. The monoisotopic (exact) mass is 252 g/mol. The smallest absolute Gasteiger partial charge is 0.134 e. The van der Waals surface area contributed by atoms with E-state index in [4.69, 9.17) is 18.0 Å². The third kappa shape index (κ3) is 2.29. The lowest BCUT2D eigenvalue weighted by Crippen LogP contribution is -2.25. The minimum Gasteiger partial charge on any atom is -0.389 e. The SMILES string of the molecule is Cc1nn(C)c(NC2CCCC2C)c1C(N)=S. The Labute approximate surface area is 108 Å². The number of anilines is 1. The maximum atomic E-state index is 5.78. The molecule has 94 valence electrons. The van der Waals surface area contributed by atoms with E-state index in [1.165, 1.54) is 19.3 Å². The van der Waals surface area contributed by atoms with E-state index in [2.05, 4.69) is 17.3 Å². The van der Waals surface area contributed by atoms with Crippen LogP contribution in [-0.2, 0) is 7.05 Å². The van der Waals surface area contributed by atoms with Crippen molar-refractivity contribution in [3.05, 3.63) is 11.3 Å². The van der Waals surface area contributed by atoms with E-state index in [0.717, 1.165) is 17.1 Å². The van der Waals surface area contributed by atoms with Crippen LogP contribution in [-0.4, -0.2) is 20.8 Å². The second-order valence-electron chi connectivity index (χ2n) is 4.96.